The highest BCUT2D eigenvalue weighted by atomic mass is 19.4. The summed E-state index contributed by atoms with van der Waals surface area (Å²) in [6.07, 6.45) is -0.0468. The first-order chi connectivity index (χ1) is 9.95. The van der Waals surface area contributed by atoms with Crippen LogP contribution in [-0.2, 0) is 12.7 Å². The fraction of sp³-hybridized carbons (Fsp3) is 0.625. The summed E-state index contributed by atoms with van der Waals surface area (Å²) in [6, 6.07) is 5.52. The van der Waals surface area contributed by atoms with Gasteiger partial charge in [-0.1, -0.05) is 6.07 Å². The van der Waals surface area contributed by atoms with Crippen molar-refractivity contribution in [3.63, 3.8) is 0 Å². The molecule has 2 aliphatic rings. The van der Waals surface area contributed by atoms with Crippen molar-refractivity contribution in [2.75, 3.05) is 11.4 Å². The van der Waals surface area contributed by atoms with Crippen LogP contribution in [0.1, 0.15) is 43.7 Å². The fourth-order valence-corrected chi connectivity index (χ4v) is 3.02. The molecular formula is C16H21F3N2. The highest BCUT2D eigenvalue weighted by molar-refractivity contribution is 5.53. The van der Waals surface area contributed by atoms with Crippen LogP contribution in [0, 0.1) is 0 Å². The number of benzene rings is 1. The summed E-state index contributed by atoms with van der Waals surface area (Å²) in [4.78, 5) is 2.08. The first kappa shape index (κ1) is 14.7. The lowest BCUT2D eigenvalue weighted by Gasteiger charge is -2.25. The van der Waals surface area contributed by atoms with Crippen molar-refractivity contribution in [1.29, 1.82) is 0 Å². The normalized spacial score (nSPS) is 22.9. The van der Waals surface area contributed by atoms with Crippen LogP contribution in [0.3, 0.4) is 0 Å². The van der Waals surface area contributed by atoms with Gasteiger partial charge in [0, 0.05) is 30.9 Å². The van der Waals surface area contributed by atoms with E-state index >= 15 is 0 Å². The Hall–Kier alpha value is -1.23. The van der Waals surface area contributed by atoms with Gasteiger partial charge in [0.05, 0.1) is 5.56 Å². The van der Waals surface area contributed by atoms with Gasteiger partial charge < -0.3 is 10.2 Å². The molecule has 1 aliphatic heterocycles. The second-order valence-electron chi connectivity index (χ2n) is 6.18. The lowest BCUT2D eigenvalue weighted by Crippen LogP contribution is -2.27. The van der Waals surface area contributed by atoms with Gasteiger partial charge >= 0.3 is 6.18 Å². The molecule has 2 nitrogen and oxygen atoms in total. The fourth-order valence-electron chi connectivity index (χ4n) is 3.02. The molecule has 1 saturated heterocycles. The van der Waals surface area contributed by atoms with Crippen molar-refractivity contribution in [1.82, 2.24) is 5.32 Å². The number of hydrogen-bond donors (Lipinski definition) is 1. The predicted octanol–water partition coefficient (Wildman–Crippen LogP) is 3.95. The van der Waals surface area contributed by atoms with E-state index in [0.717, 1.165) is 32.2 Å². The Balaban J connectivity index is 1.86. The van der Waals surface area contributed by atoms with Crippen LogP contribution in [-0.4, -0.2) is 18.6 Å². The maximum Gasteiger partial charge on any atom is 0.416 e. The summed E-state index contributed by atoms with van der Waals surface area (Å²) in [5.41, 5.74) is 0.555. The summed E-state index contributed by atoms with van der Waals surface area (Å²) in [6.45, 7) is 3.22. The average Bonchev–Trinajstić information content (AvgIpc) is 3.16. The zero-order chi connectivity index (χ0) is 15.0. The largest absolute Gasteiger partial charge is 0.416 e. The highest BCUT2D eigenvalue weighted by Gasteiger charge is 2.35. The van der Waals surface area contributed by atoms with Gasteiger partial charge in [0.1, 0.15) is 0 Å². The van der Waals surface area contributed by atoms with Crippen LogP contribution in [0.5, 0.6) is 0 Å². The Morgan fingerprint density at radius 3 is 2.57 bits per heavy atom. The van der Waals surface area contributed by atoms with Gasteiger partial charge in [0.25, 0.3) is 0 Å². The smallest absolute Gasteiger partial charge is 0.369 e. The number of anilines is 1. The summed E-state index contributed by atoms with van der Waals surface area (Å²) < 4.78 is 39.9. The number of halogens is 3. The van der Waals surface area contributed by atoms with Gasteiger partial charge in [-0.3, -0.25) is 0 Å². The lowest BCUT2D eigenvalue weighted by atomic mass is 10.0. The third-order valence-corrected chi connectivity index (χ3v) is 4.44. The van der Waals surface area contributed by atoms with Crippen LogP contribution in [0.25, 0.3) is 0 Å². The molecule has 1 unspecified atom stereocenters. The number of alkyl halides is 3. The Labute approximate surface area is 123 Å². The molecule has 5 heteroatoms. The molecule has 0 aromatic heterocycles. The van der Waals surface area contributed by atoms with Crippen LogP contribution in [0.15, 0.2) is 18.2 Å². The summed E-state index contributed by atoms with van der Waals surface area (Å²) in [5.74, 6) is 0. The van der Waals surface area contributed by atoms with Gasteiger partial charge in [-0.2, -0.15) is 13.2 Å². The minimum absolute atomic E-state index is 0.301. The van der Waals surface area contributed by atoms with E-state index in [4.69, 9.17) is 0 Å². The Morgan fingerprint density at radius 2 is 2.00 bits per heavy atom. The van der Waals surface area contributed by atoms with Gasteiger partial charge in [0.2, 0.25) is 0 Å². The molecule has 1 aromatic carbocycles. The Bertz CT molecular complexity index is 509. The molecule has 116 valence electrons. The first-order valence-corrected chi connectivity index (χ1v) is 7.65. The Morgan fingerprint density at radius 1 is 1.24 bits per heavy atom. The van der Waals surface area contributed by atoms with E-state index in [1.165, 1.54) is 6.07 Å². The van der Waals surface area contributed by atoms with Gasteiger partial charge in [-0.05, 0) is 50.3 Å². The third kappa shape index (κ3) is 3.34. The lowest BCUT2D eigenvalue weighted by molar-refractivity contribution is -0.138. The third-order valence-electron chi connectivity index (χ3n) is 4.44. The SMILES string of the molecule is CC1CCCN1c1ccc(CNC2CC2)c(C(F)(F)F)c1. The summed E-state index contributed by atoms with van der Waals surface area (Å²) >= 11 is 0. The van der Waals surface area contributed by atoms with Crippen molar-refractivity contribution < 1.29 is 13.2 Å². The molecule has 0 spiro atoms. The zero-order valence-corrected chi connectivity index (χ0v) is 12.2. The quantitative estimate of drug-likeness (QED) is 0.905. The van der Waals surface area contributed by atoms with E-state index in [9.17, 15) is 13.2 Å². The molecule has 1 atom stereocenters. The molecule has 0 radical (unpaired) electrons. The van der Waals surface area contributed by atoms with Gasteiger partial charge in [-0.25, -0.2) is 0 Å². The van der Waals surface area contributed by atoms with E-state index in [1.807, 2.05) is 6.07 Å². The van der Waals surface area contributed by atoms with E-state index in [2.05, 4.69) is 17.1 Å². The maximum atomic E-state index is 13.3. The van der Waals surface area contributed by atoms with E-state index < -0.39 is 11.7 Å². The van der Waals surface area contributed by atoms with Gasteiger partial charge in [0.15, 0.2) is 0 Å². The van der Waals surface area contributed by atoms with Crippen molar-refractivity contribution in [2.24, 2.45) is 0 Å². The molecule has 21 heavy (non-hydrogen) atoms. The standard InChI is InChI=1S/C16H21F3N2/c1-11-3-2-8-21(11)14-7-4-12(10-20-13-5-6-13)15(9-14)16(17,18)19/h4,7,9,11,13,20H,2-3,5-6,8,10H2,1H3. The van der Waals surface area contributed by atoms with E-state index in [0.29, 0.717) is 29.9 Å². The van der Waals surface area contributed by atoms with E-state index in [-0.39, 0.29) is 0 Å². The Kier molecular flexibility index (Phi) is 3.86. The number of nitrogens with one attached hydrogen (secondary N) is 1. The van der Waals surface area contributed by atoms with Crippen LogP contribution >= 0.6 is 0 Å². The minimum Gasteiger partial charge on any atom is -0.369 e. The number of nitrogens with zero attached hydrogens (tertiary/aromatic N) is 1. The molecule has 0 amide bonds. The number of rotatable bonds is 4. The molecule has 0 bridgehead atoms. The summed E-state index contributed by atoms with van der Waals surface area (Å²) in [7, 11) is 0. The molecular weight excluding hydrogens is 277 g/mol. The molecule has 2 fully saturated rings. The zero-order valence-electron chi connectivity index (χ0n) is 12.2. The van der Waals surface area contributed by atoms with E-state index in [1.54, 1.807) is 6.07 Å². The van der Waals surface area contributed by atoms with Crippen LogP contribution < -0.4 is 10.2 Å². The van der Waals surface area contributed by atoms with Crippen LogP contribution in [0.4, 0.5) is 18.9 Å². The predicted molar refractivity (Wildman–Crippen MR) is 77.3 cm³/mol. The molecule has 1 saturated carbocycles. The monoisotopic (exact) mass is 298 g/mol. The molecule has 3 rings (SSSR count). The molecule has 1 aromatic rings. The molecule has 1 heterocycles. The van der Waals surface area contributed by atoms with Crippen molar-refractivity contribution in [3.8, 4) is 0 Å². The highest BCUT2D eigenvalue weighted by Crippen LogP contribution is 2.36. The van der Waals surface area contributed by atoms with Gasteiger partial charge in [-0.15, -0.1) is 0 Å². The molecule has 1 aliphatic carbocycles. The topological polar surface area (TPSA) is 15.3 Å². The first-order valence-electron chi connectivity index (χ1n) is 7.65. The number of hydrogen-bond acceptors (Lipinski definition) is 2. The minimum atomic E-state index is -4.29. The average molecular weight is 298 g/mol. The second kappa shape index (κ2) is 5.52. The van der Waals surface area contributed by atoms with Crippen molar-refractivity contribution in [2.45, 2.75) is 57.4 Å². The maximum absolute atomic E-state index is 13.3. The second-order valence-corrected chi connectivity index (χ2v) is 6.18. The molecule has 1 N–H and O–H groups in total. The van der Waals surface area contributed by atoms with Crippen LogP contribution in [0.2, 0.25) is 0 Å². The summed E-state index contributed by atoms with van der Waals surface area (Å²) in [5, 5.41) is 3.17. The van der Waals surface area contributed by atoms with Crippen molar-refractivity contribution in [3.05, 3.63) is 29.3 Å². The van der Waals surface area contributed by atoms with Crippen molar-refractivity contribution >= 4 is 5.69 Å².